The molecular formula is C39H38GeIrN2OSi-2. The minimum Gasteiger partial charge on any atom is 0 e. The van der Waals surface area contributed by atoms with E-state index in [0.717, 1.165) is 49.5 Å². The second-order valence-electron chi connectivity index (χ2n) is 13.1. The second-order valence-corrected chi connectivity index (χ2v) is 28.5. The predicted octanol–water partition coefficient (Wildman–Crippen LogP) is 10.1. The van der Waals surface area contributed by atoms with E-state index >= 15 is 0 Å². The number of furan rings is 1. The summed E-state index contributed by atoms with van der Waals surface area (Å²) in [5.74, 6) is 5.78. The maximum atomic E-state index is 8.69. The summed E-state index contributed by atoms with van der Waals surface area (Å²) in [4.78, 5) is 9.08. The molecule has 0 aliphatic heterocycles. The molecule has 0 aliphatic rings. The molecule has 3 aromatic heterocycles. The van der Waals surface area contributed by atoms with Crippen LogP contribution in [0.2, 0.25) is 36.9 Å². The molecule has 0 unspecified atom stereocenters. The van der Waals surface area contributed by atoms with Crippen LogP contribution in [0.1, 0.15) is 8.30 Å². The summed E-state index contributed by atoms with van der Waals surface area (Å²) in [5.41, 5.74) is 5.79. The van der Waals surface area contributed by atoms with E-state index in [9.17, 15) is 0 Å². The van der Waals surface area contributed by atoms with Gasteiger partial charge < -0.3 is 9.40 Å². The number of aromatic nitrogens is 2. The van der Waals surface area contributed by atoms with Crippen LogP contribution in [0.5, 0.6) is 0 Å². The Labute approximate surface area is 286 Å². The first-order valence-corrected chi connectivity index (χ1v) is 25.8. The minimum absolute atomic E-state index is 0. The fourth-order valence-electron chi connectivity index (χ4n) is 5.29. The molecule has 0 amide bonds. The summed E-state index contributed by atoms with van der Waals surface area (Å²) in [6.45, 7) is 6.14. The zero-order chi connectivity index (χ0) is 32.7. The van der Waals surface area contributed by atoms with Crippen molar-refractivity contribution in [2.24, 2.45) is 0 Å². The van der Waals surface area contributed by atoms with Gasteiger partial charge in [0.05, 0.1) is 5.58 Å². The molecule has 0 N–H and O–H groups in total. The molecular weight excluding hydrogens is 805 g/mol. The van der Waals surface area contributed by atoms with Gasteiger partial charge in [0, 0.05) is 47.9 Å². The summed E-state index contributed by atoms with van der Waals surface area (Å²) >= 11 is -1.72. The Morgan fingerprint density at radius 2 is 1.53 bits per heavy atom. The Kier molecular flexibility index (Phi) is 9.13. The van der Waals surface area contributed by atoms with Gasteiger partial charge in [-0.1, -0.05) is 78.6 Å². The van der Waals surface area contributed by atoms with E-state index in [2.05, 4.69) is 75.8 Å². The summed E-state index contributed by atoms with van der Waals surface area (Å²) in [6, 6.07) is 38.7. The molecule has 1 radical (unpaired) electrons. The van der Waals surface area contributed by atoms with Crippen LogP contribution in [0.4, 0.5) is 0 Å². The van der Waals surface area contributed by atoms with Crippen molar-refractivity contribution >= 4 is 58.4 Å². The molecule has 7 aromatic rings. The number of pyridine rings is 2. The van der Waals surface area contributed by atoms with Crippen LogP contribution in [0.15, 0.2) is 114 Å². The van der Waals surface area contributed by atoms with Gasteiger partial charge in [-0.2, -0.15) is 0 Å². The van der Waals surface area contributed by atoms with Crippen LogP contribution >= 0.6 is 0 Å². The SMILES string of the molecule is [2H]C([2H])(c1ccnc(-c2[c-]ccc3c2oc2c4ccccc4ccc32)c1)[Si](C)(C)C.[CH3][Ge]([CH3])([CH3])[c]1ccc(-c2[c-]cccc2)nc1.[Ir]. The number of benzene rings is 4. The number of nitrogens with zero attached hydrogens (tertiary/aromatic N) is 2. The molecule has 0 saturated carbocycles. The van der Waals surface area contributed by atoms with E-state index in [1.165, 1.54) is 4.40 Å². The van der Waals surface area contributed by atoms with Crippen LogP contribution in [0.3, 0.4) is 0 Å². The van der Waals surface area contributed by atoms with Gasteiger partial charge in [0.25, 0.3) is 0 Å². The van der Waals surface area contributed by atoms with Gasteiger partial charge in [0.1, 0.15) is 5.58 Å². The predicted molar refractivity (Wildman–Crippen MR) is 192 cm³/mol. The van der Waals surface area contributed by atoms with E-state index in [4.69, 9.17) is 7.16 Å². The van der Waals surface area contributed by atoms with E-state index in [1.807, 2.05) is 80.4 Å². The molecule has 7 rings (SSSR count). The molecule has 0 fully saturated rings. The molecule has 4 aromatic carbocycles. The zero-order valence-electron chi connectivity index (χ0n) is 28.5. The second kappa shape index (κ2) is 13.6. The van der Waals surface area contributed by atoms with Crippen molar-refractivity contribution in [3.05, 3.63) is 127 Å². The fraction of sp³-hybridized carbons (Fsp3) is 0.179. The smallest absolute Gasteiger partial charge is 0 e. The van der Waals surface area contributed by atoms with E-state index in [1.54, 1.807) is 12.3 Å². The van der Waals surface area contributed by atoms with E-state index in [0.29, 0.717) is 11.3 Å². The molecule has 0 spiro atoms. The van der Waals surface area contributed by atoms with Crippen LogP contribution in [-0.4, -0.2) is 31.3 Å². The first-order valence-electron chi connectivity index (χ1n) is 16.0. The Morgan fingerprint density at radius 3 is 2.24 bits per heavy atom. The maximum absolute atomic E-state index is 8.69. The van der Waals surface area contributed by atoms with Gasteiger partial charge in [-0.15, -0.1) is 18.2 Å². The van der Waals surface area contributed by atoms with Gasteiger partial charge in [-0.25, -0.2) is 0 Å². The molecule has 3 nitrogen and oxygen atoms in total. The molecule has 45 heavy (non-hydrogen) atoms. The average Bonchev–Trinajstić information content (AvgIpc) is 3.44. The molecule has 0 bridgehead atoms. The first-order chi connectivity index (χ1) is 21.8. The summed E-state index contributed by atoms with van der Waals surface area (Å²) in [5, 5.41) is 4.30. The van der Waals surface area contributed by atoms with Crippen molar-refractivity contribution in [2.75, 3.05) is 0 Å². The third kappa shape index (κ3) is 7.56. The van der Waals surface area contributed by atoms with Crippen LogP contribution in [-0.2, 0) is 26.1 Å². The third-order valence-electron chi connectivity index (χ3n) is 7.47. The van der Waals surface area contributed by atoms with E-state index in [-0.39, 0.29) is 20.1 Å². The monoisotopic (exact) mass is 847 g/mol. The topological polar surface area (TPSA) is 38.9 Å². The van der Waals surface area contributed by atoms with Crippen LogP contribution in [0, 0.1) is 12.1 Å². The molecule has 0 saturated heterocycles. The zero-order valence-corrected chi connectivity index (χ0v) is 32.0. The number of fused-ring (bicyclic) bond motifs is 5. The Balaban J connectivity index is 0.000000217. The van der Waals surface area contributed by atoms with Crippen molar-refractivity contribution in [3.8, 4) is 22.5 Å². The third-order valence-corrected chi connectivity index (χ3v) is 12.8. The Hall–Kier alpha value is -3.35. The fourth-order valence-corrected chi connectivity index (χ4v) is 8.48. The summed E-state index contributed by atoms with van der Waals surface area (Å²) < 4.78 is 25.2. The van der Waals surface area contributed by atoms with Crippen molar-refractivity contribution in [1.29, 1.82) is 0 Å². The van der Waals surface area contributed by atoms with E-state index < -0.39 is 27.3 Å². The van der Waals surface area contributed by atoms with Gasteiger partial charge in [-0.05, 0) is 23.1 Å². The van der Waals surface area contributed by atoms with Gasteiger partial charge in [-0.3, -0.25) is 0 Å². The standard InChI is InChI=1S/C25H22NOSi.C14H16GeN.Ir/c1-28(2,3)16-17-13-14-26-23(15-17)22-10-6-9-20-21-12-11-18-7-4-5-8-19(18)24(21)27-25(20)22;1-15(2,3)13-9-10-14(16-11-13)12-7-5-4-6-8-12;/h4-9,11-15H,16H2,1-3H3;4-7,9-11H,1-3H3;/q2*-1;/i16D2;;. The molecule has 6 heteroatoms. The molecule has 229 valence electrons. The van der Waals surface area contributed by atoms with Gasteiger partial charge in [0.15, 0.2) is 0 Å². The first kappa shape index (κ1) is 30.3. The largest absolute Gasteiger partial charge is 0 e. The number of hydrogen-bond donors (Lipinski definition) is 0. The van der Waals surface area contributed by atoms with Gasteiger partial charge in [0.2, 0.25) is 0 Å². The average molecular weight is 846 g/mol. The summed E-state index contributed by atoms with van der Waals surface area (Å²) in [7, 11) is -2.09. The minimum atomic E-state index is -2.09. The quantitative estimate of drug-likeness (QED) is 0.128. The number of rotatable bonds is 5. The normalized spacial score (nSPS) is 12.7. The molecule has 3 heterocycles. The van der Waals surface area contributed by atoms with Gasteiger partial charge >= 0.3 is 99.8 Å². The van der Waals surface area contributed by atoms with Crippen molar-refractivity contribution in [3.63, 3.8) is 0 Å². The van der Waals surface area contributed by atoms with Crippen LogP contribution in [0.25, 0.3) is 55.2 Å². The van der Waals surface area contributed by atoms with Crippen molar-refractivity contribution < 1.29 is 27.3 Å². The van der Waals surface area contributed by atoms with Crippen LogP contribution < -0.4 is 4.40 Å². The maximum Gasteiger partial charge on any atom is 0 e. The number of hydrogen-bond acceptors (Lipinski definition) is 3. The molecule has 0 aliphatic carbocycles. The summed E-state index contributed by atoms with van der Waals surface area (Å²) in [6.07, 6.45) is 3.73. The Morgan fingerprint density at radius 1 is 0.756 bits per heavy atom. The molecule has 0 atom stereocenters. The van der Waals surface area contributed by atoms with Crippen molar-refractivity contribution in [2.45, 2.75) is 42.9 Å². The Bertz CT molecular complexity index is 2160. The van der Waals surface area contributed by atoms with Crippen molar-refractivity contribution in [1.82, 2.24) is 9.97 Å².